The van der Waals surface area contributed by atoms with Crippen molar-refractivity contribution >= 4 is 27.5 Å². The first-order chi connectivity index (χ1) is 15.2. The molecule has 1 amide bonds. The Kier molecular flexibility index (Phi) is 7.53. The molecule has 0 unspecified atom stereocenters. The van der Waals surface area contributed by atoms with E-state index in [2.05, 4.69) is 0 Å². The molecule has 0 radical (unpaired) electrons. The summed E-state index contributed by atoms with van der Waals surface area (Å²) >= 11 is 6.10. The first-order valence-electron chi connectivity index (χ1n) is 10.1. The van der Waals surface area contributed by atoms with E-state index in [-0.39, 0.29) is 43.1 Å². The highest BCUT2D eigenvalue weighted by Gasteiger charge is 2.32. The van der Waals surface area contributed by atoms with Gasteiger partial charge in [-0.05, 0) is 44.2 Å². The maximum Gasteiger partial charge on any atom is 0.257 e. The molecular formula is C22H27ClN2O6S. The van der Waals surface area contributed by atoms with Crippen LogP contribution in [0.25, 0.3) is 0 Å². The Morgan fingerprint density at radius 2 is 1.56 bits per heavy atom. The van der Waals surface area contributed by atoms with Gasteiger partial charge in [-0.15, -0.1) is 0 Å². The SMILES string of the molecule is COc1ccc(S(=O)(=O)N2CCN(C(=O)c3cc(Cl)ccc3OC(C)C)CC2)cc1OC. The van der Waals surface area contributed by atoms with E-state index in [0.717, 1.165) is 0 Å². The third-order valence-electron chi connectivity index (χ3n) is 5.05. The van der Waals surface area contributed by atoms with Crippen LogP contribution in [0.4, 0.5) is 0 Å². The molecule has 1 heterocycles. The number of benzene rings is 2. The smallest absolute Gasteiger partial charge is 0.257 e. The topological polar surface area (TPSA) is 85.4 Å². The van der Waals surface area contributed by atoms with Crippen molar-refractivity contribution in [3.63, 3.8) is 0 Å². The second kappa shape index (κ2) is 9.97. The largest absolute Gasteiger partial charge is 0.493 e. The van der Waals surface area contributed by atoms with Crippen molar-refractivity contribution in [3.05, 3.63) is 47.0 Å². The van der Waals surface area contributed by atoms with Crippen LogP contribution in [0.3, 0.4) is 0 Å². The van der Waals surface area contributed by atoms with Gasteiger partial charge < -0.3 is 19.1 Å². The van der Waals surface area contributed by atoms with Gasteiger partial charge in [-0.25, -0.2) is 8.42 Å². The van der Waals surface area contributed by atoms with E-state index in [1.807, 2.05) is 13.8 Å². The molecule has 174 valence electrons. The quantitative estimate of drug-likeness (QED) is 0.602. The number of piperazine rings is 1. The molecule has 0 bridgehead atoms. The molecular weight excluding hydrogens is 456 g/mol. The first kappa shape index (κ1) is 24.2. The molecule has 2 aromatic rings. The number of nitrogens with zero attached hydrogens (tertiary/aromatic N) is 2. The minimum atomic E-state index is -3.75. The fraction of sp³-hybridized carbons (Fsp3) is 0.409. The van der Waals surface area contributed by atoms with Crippen LogP contribution in [-0.2, 0) is 10.0 Å². The fourth-order valence-corrected chi connectivity index (χ4v) is 5.06. The van der Waals surface area contributed by atoms with E-state index in [1.165, 1.54) is 30.7 Å². The lowest BCUT2D eigenvalue weighted by atomic mass is 10.1. The summed E-state index contributed by atoms with van der Waals surface area (Å²) in [5.74, 6) is 0.991. The minimum Gasteiger partial charge on any atom is -0.493 e. The van der Waals surface area contributed by atoms with Crippen LogP contribution >= 0.6 is 11.6 Å². The Morgan fingerprint density at radius 3 is 2.16 bits per heavy atom. The van der Waals surface area contributed by atoms with Crippen molar-refractivity contribution in [2.75, 3.05) is 40.4 Å². The number of hydrogen-bond donors (Lipinski definition) is 0. The molecule has 1 saturated heterocycles. The highest BCUT2D eigenvalue weighted by Crippen LogP contribution is 2.31. The molecule has 1 aliphatic rings. The molecule has 0 aliphatic carbocycles. The molecule has 0 saturated carbocycles. The molecule has 0 aromatic heterocycles. The number of rotatable bonds is 7. The number of ether oxygens (including phenoxy) is 3. The van der Waals surface area contributed by atoms with Crippen molar-refractivity contribution in [3.8, 4) is 17.2 Å². The Balaban J connectivity index is 1.75. The Bertz CT molecular complexity index is 1080. The number of carbonyl (C=O) groups is 1. The summed E-state index contributed by atoms with van der Waals surface area (Å²) in [5, 5.41) is 0.430. The predicted molar refractivity (Wildman–Crippen MR) is 121 cm³/mol. The summed E-state index contributed by atoms with van der Waals surface area (Å²) in [6.45, 7) is 4.59. The van der Waals surface area contributed by atoms with Crippen LogP contribution in [0.1, 0.15) is 24.2 Å². The maximum atomic E-state index is 13.1. The van der Waals surface area contributed by atoms with E-state index >= 15 is 0 Å². The van der Waals surface area contributed by atoms with Gasteiger partial charge in [0, 0.05) is 37.3 Å². The number of halogens is 1. The third kappa shape index (κ3) is 5.11. The Hall–Kier alpha value is -2.49. The molecule has 2 aromatic carbocycles. The van der Waals surface area contributed by atoms with Gasteiger partial charge in [-0.1, -0.05) is 11.6 Å². The summed E-state index contributed by atoms with van der Waals surface area (Å²) in [7, 11) is -0.814. The average Bonchev–Trinajstić information content (AvgIpc) is 2.79. The second-order valence-corrected chi connectivity index (χ2v) is 9.89. The summed E-state index contributed by atoms with van der Waals surface area (Å²) in [6, 6.07) is 9.40. The number of amides is 1. The predicted octanol–water partition coefficient (Wildman–Crippen LogP) is 3.29. The first-order valence-corrected chi connectivity index (χ1v) is 12.0. The Labute approximate surface area is 193 Å². The summed E-state index contributed by atoms with van der Waals surface area (Å²) < 4.78 is 43.7. The lowest BCUT2D eigenvalue weighted by molar-refractivity contribution is 0.0692. The third-order valence-corrected chi connectivity index (χ3v) is 7.18. The molecule has 1 fully saturated rings. The number of methoxy groups -OCH3 is 2. The van der Waals surface area contributed by atoms with E-state index in [9.17, 15) is 13.2 Å². The highest BCUT2D eigenvalue weighted by atomic mass is 35.5. The minimum absolute atomic E-state index is 0.105. The maximum absolute atomic E-state index is 13.1. The van der Waals surface area contributed by atoms with Crippen LogP contribution in [-0.4, -0.2) is 70.0 Å². The van der Waals surface area contributed by atoms with Crippen LogP contribution in [0.2, 0.25) is 5.02 Å². The fourth-order valence-electron chi connectivity index (χ4n) is 3.45. The number of hydrogen-bond acceptors (Lipinski definition) is 6. The van der Waals surface area contributed by atoms with E-state index in [1.54, 1.807) is 29.2 Å². The van der Waals surface area contributed by atoms with E-state index in [4.69, 9.17) is 25.8 Å². The standard InChI is InChI=1S/C22H27ClN2O6S/c1-15(2)31-19-7-5-16(23)13-18(19)22(26)24-9-11-25(12-10-24)32(27,28)17-6-8-20(29-3)21(14-17)30-4/h5-8,13-15H,9-12H2,1-4H3. The monoisotopic (exact) mass is 482 g/mol. The molecule has 0 atom stereocenters. The van der Waals surface area contributed by atoms with Gasteiger partial charge in [0.15, 0.2) is 11.5 Å². The zero-order valence-corrected chi connectivity index (χ0v) is 20.1. The molecule has 0 spiro atoms. The summed E-state index contributed by atoms with van der Waals surface area (Å²) in [4.78, 5) is 14.8. The van der Waals surface area contributed by atoms with Crippen LogP contribution in [0.15, 0.2) is 41.3 Å². The van der Waals surface area contributed by atoms with Gasteiger partial charge in [0.1, 0.15) is 5.75 Å². The molecule has 3 rings (SSSR count). The number of sulfonamides is 1. The van der Waals surface area contributed by atoms with Crippen LogP contribution in [0.5, 0.6) is 17.2 Å². The van der Waals surface area contributed by atoms with Gasteiger partial charge in [0.25, 0.3) is 5.91 Å². The summed E-state index contributed by atoms with van der Waals surface area (Å²) in [6.07, 6.45) is -0.105. The van der Waals surface area contributed by atoms with Gasteiger partial charge in [0.2, 0.25) is 10.0 Å². The Morgan fingerprint density at radius 1 is 0.938 bits per heavy atom. The van der Waals surface area contributed by atoms with Gasteiger partial charge >= 0.3 is 0 Å². The van der Waals surface area contributed by atoms with E-state index < -0.39 is 10.0 Å². The van der Waals surface area contributed by atoms with Crippen molar-refractivity contribution in [2.24, 2.45) is 0 Å². The van der Waals surface area contributed by atoms with Crippen molar-refractivity contribution in [2.45, 2.75) is 24.8 Å². The molecule has 32 heavy (non-hydrogen) atoms. The number of carbonyl (C=O) groups excluding carboxylic acids is 1. The lowest BCUT2D eigenvalue weighted by Gasteiger charge is -2.34. The lowest BCUT2D eigenvalue weighted by Crippen LogP contribution is -2.50. The van der Waals surface area contributed by atoms with Crippen molar-refractivity contribution in [1.82, 2.24) is 9.21 Å². The van der Waals surface area contributed by atoms with Crippen LogP contribution < -0.4 is 14.2 Å². The molecule has 0 N–H and O–H groups in total. The van der Waals surface area contributed by atoms with Crippen LogP contribution in [0, 0.1) is 0 Å². The van der Waals surface area contributed by atoms with E-state index in [0.29, 0.717) is 27.8 Å². The van der Waals surface area contributed by atoms with Gasteiger partial charge in [-0.2, -0.15) is 4.31 Å². The average molecular weight is 483 g/mol. The van der Waals surface area contributed by atoms with Crippen molar-refractivity contribution in [1.29, 1.82) is 0 Å². The van der Waals surface area contributed by atoms with Crippen molar-refractivity contribution < 1.29 is 27.4 Å². The zero-order valence-electron chi connectivity index (χ0n) is 18.5. The normalized spacial score (nSPS) is 15.0. The molecule has 8 nitrogen and oxygen atoms in total. The van der Waals surface area contributed by atoms with Gasteiger partial charge in [0.05, 0.1) is 30.8 Å². The van der Waals surface area contributed by atoms with Gasteiger partial charge in [-0.3, -0.25) is 4.79 Å². The second-order valence-electron chi connectivity index (χ2n) is 7.52. The molecule has 1 aliphatic heterocycles. The highest BCUT2D eigenvalue weighted by molar-refractivity contribution is 7.89. The molecule has 10 heteroatoms. The summed E-state index contributed by atoms with van der Waals surface area (Å²) in [5.41, 5.74) is 0.363. The zero-order chi connectivity index (χ0) is 23.5.